The fourth-order valence-corrected chi connectivity index (χ4v) is 2.75. The monoisotopic (exact) mass is 284 g/mol. The summed E-state index contributed by atoms with van der Waals surface area (Å²) >= 11 is 1.21. The summed E-state index contributed by atoms with van der Waals surface area (Å²) in [5.74, 6) is -1.36. The number of hydrogen-bond acceptors (Lipinski definition) is 5. The normalized spacial score (nSPS) is 23.4. The Hall–Kier alpha value is -1.70. The van der Waals surface area contributed by atoms with E-state index < -0.39 is 17.9 Å². The van der Waals surface area contributed by atoms with E-state index in [0.717, 1.165) is 19.3 Å². The standard InChI is InChI=1S/C11H16N4O3S/c16-9(17)7-4-2-1-3-5-8(7)13-10(18)14-11-15-12-6-19-11/h6-8H,1-5H2,(H,16,17)(H2,13,14,15,18). The predicted molar refractivity (Wildman–Crippen MR) is 70.1 cm³/mol. The molecule has 1 aliphatic carbocycles. The number of aliphatic carboxylic acids is 1. The van der Waals surface area contributed by atoms with E-state index in [1.54, 1.807) is 0 Å². The van der Waals surface area contributed by atoms with Crippen LogP contribution in [0.2, 0.25) is 0 Å². The van der Waals surface area contributed by atoms with Gasteiger partial charge in [0, 0.05) is 6.04 Å². The molecule has 19 heavy (non-hydrogen) atoms. The summed E-state index contributed by atoms with van der Waals surface area (Å²) in [5.41, 5.74) is 1.52. The van der Waals surface area contributed by atoms with E-state index in [0.29, 0.717) is 18.0 Å². The lowest BCUT2D eigenvalue weighted by atomic mass is 9.95. The Balaban J connectivity index is 1.94. The second-order valence-corrected chi connectivity index (χ2v) is 5.36. The zero-order valence-electron chi connectivity index (χ0n) is 10.3. The van der Waals surface area contributed by atoms with Crippen LogP contribution < -0.4 is 10.6 Å². The van der Waals surface area contributed by atoms with E-state index in [2.05, 4.69) is 20.8 Å². The number of rotatable bonds is 3. The van der Waals surface area contributed by atoms with Crippen LogP contribution in [0.3, 0.4) is 0 Å². The van der Waals surface area contributed by atoms with Gasteiger partial charge in [-0.05, 0) is 12.8 Å². The van der Waals surface area contributed by atoms with E-state index in [1.165, 1.54) is 16.8 Å². The van der Waals surface area contributed by atoms with Crippen LogP contribution >= 0.6 is 11.3 Å². The smallest absolute Gasteiger partial charge is 0.321 e. The average Bonchev–Trinajstić information content (AvgIpc) is 2.73. The van der Waals surface area contributed by atoms with Gasteiger partial charge in [-0.15, -0.1) is 10.2 Å². The topological polar surface area (TPSA) is 104 Å². The van der Waals surface area contributed by atoms with Gasteiger partial charge in [-0.1, -0.05) is 30.6 Å². The number of nitrogens with zero attached hydrogens (tertiary/aromatic N) is 2. The zero-order valence-corrected chi connectivity index (χ0v) is 11.2. The van der Waals surface area contributed by atoms with Crippen molar-refractivity contribution in [3.63, 3.8) is 0 Å². The maximum Gasteiger partial charge on any atom is 0.321 e. The van der Waals surface area contributed by atoms with E-state index in [9.17, 15) is 14.7 Å². The van der Waals surface area contributed by atoms with Gasteiger partial charge in [0.15, 0.2) is 0 Å². The minimum absolute atomic E-state index is 0.326. The number of carbonyl (C=O) groups excluding carboxylic acids is 1. The van der Waals surface area contributed by atoms with Crippen LogP contribution in [-0.2, 0) is 4.79 Å². The van der Waals surface area contributed by atoms with Crippen molar-refractivity contribution in [2.45, 2.75) is 38.1 Å². The van der Waals surface area contributed by atoms with E-state index in [4.69, 9.17) is 0 Å². The van der Waals surface area contributed by atoms with Crippen LogP contribution in [0.25, 0.3) is 0 Å². The Bertz CT molecular complexity index is 437. The van der Waals surface area contributed by atoms with Crippen LogP contribution in [0.5, 0.6) is 0 Å². The van der Waals surface area contributed by atoms with Crippen LogP contribution in [0.15, 0.2) is 5.51 Å². The van der Waals surface area contributed by atoms with Gasteiger partial charge in [-0.25, -0.2) is 4.79 Å². The van der Waals surface area contributed by atoms with Crippen molar-refractivity contribution in [2.24, 2.45) is 5.92 Å². The molecule has 104 valence electrons. The first-order valence-corrected chi connectivity index (χ1v) is 7.11. The van der Waals surface area contributed by atoms with Crippen LogP contribution in [0.4, 0.5) is 9.93 Å². The lowest BCUT2D eigenvalue weighted by molar-refractivity contribution is -0.142. The van der Waals surface area contributed by atoms with Gasteiger partial charge >= 0.3 is 12.0 Å². The summed E-state index contributed by atoms with van der Waals surface area (Å²) in [6, 6.07) is -0.747. The van der Waals surface area contributed by atoms with Gasteiger partial charge in [0.25, 0.3) is 0 Å². The first-order chi connectivity index (χ1) is 9.16. The second-order valence-electron chi connectivity index (χ2n) is 4.53. The fraction of sp³-hybridized carbons (Fsp3) is 0.636. The molecule has 7 nitrogen and oxygen atoms in total. The summed E-state index contributed by atoms with van der Waals surface area (Å²) in [4.78, 5) is 23.0. The Labute approximate surface area is 114 Å². The largest absolute Gasteiger partial charge is 0.481 e. The highest BCUT2D eigenvalue weighted by Crippen LogP contribution is 2.24. The second kappa shape index (κ2) is 6.46. The number of anilines is 1. The predicted octanol–water partition coefficient (Wildman–Crippen LogP) is 1.69. The Morgan fingerprint density at radius 2 is 2.11 bits per heavy atom. The van der Waals surface area contributed by atoms with Crippen molar-refractivity contribution in [3.05, 3.63) is 5.51 Å². The van der Waals surface area contributed by atoms with Crippen molar-refractivity contribution < 1.29 is 14.7 Å². The average molecular weight is 284 g/mol. The highest BCUT2D eigenvalue weighted by Gasteiger charge is 2.30. The maximum absolute atomic E-state index is 11.8. The van der Waals surface area contributed by atoms with Crippen molar-refractivity contribution in [1.82, 2.24) is 15.5 Å². The quantitative estimate of drug-likeness (QED) is 0.733. The highest BCUT2D eigenvalue weighted by atomic mass is 32.1. The molecule has 2 rings (SSSR count). The number of carboxylic acids is 1. The third-order valence-electron chi connectivity index (χ3n) is 3.23. The molecule has 0 aliphatic heterocycles. The highest BCUT2D eigenvalue weighted by molar-refractivity contribution is 7.13. The number of urea groups is 1. The van der Waals surface area contributed by atoms with E-state index >= 15 is 0 Å². The van der Waals surface area contributed by atoms with Gasteiger partial charge in [0.2, 0.25) is 5.13 Å². The molecular weight excluding hydrogens is 268 g/mol. The first kappa shape index (κ1) is 13.7. The number of aromatic nitrogens is 2. The fourth-order valence-electron chi connectivity index (χ4n) is 2.31. The molecule has 0 spiro atoms. The van der Waals surface area contributed by atoms with Crippen LogP contribution in [-0.4, -0.2) is 33.3 Å². The Kier molecular flexibility index (Phi) is 4.67. The van der Waals surface area contributed by atoms with E-state index in [1.807, 2.05) is 0 Å². The number of nitrogens with one attached hydrogen (secondary N) is 2. The number of amides is 2. The molecule has 3 N–H and O–H groups in total. The molecule has 1 aliphatic rings. The molecular formula is C11H16N4O3S. The Morgan fingerprint density at radius 3 is 2.79 bits per heavy atom. The van der Waals surface area contributed by atoms with Gasteiger partial charge in [0.05, 0.1) is 5.92 Å². The first-order valence-electron chi connectivity index (χ1n) is 6.23. The number of hydrogen-bond donors (Lipinski definition) is 3. The summed E-state index contributed by atoms with van der Waals surface area (Å²) in [5, 5.41) is 22.2. The van der Waals surface area contributed by atoms with Crippen molar-refractivity contribution >= 4 is 28.5 Å². The van der Waals surface area contributed by atoms with Gasteiger partial charge < -0.3 is 10.4 Å². The maximum atomic E-state index is 11.8. The summed E-state index contributed by atoms with van der Waals surface area (Å²) < 4.78 is 0. The van der Waals surface area contributed by atoms with Crippen molar-refractivity contribution in [3.8, 4) is 0 Å². The molecule has 2 unspecified atom stereocenters. The molecule has 1 aromatic heterocycles. The summed E-state index contributed by atoms with van der Waals surface area (Å²) in [6.07, 6.45) is 4.15. The third kappa shape index (κ3) is 3.88. The molecule has 1 heterocycles. The number of carboxylic acid groups (broad SMARTS) is 1. The van der Waals surface area contributed by atoms with Gasteiger partial charge in [-0.2, -0.15) is 0 Å². The van der Waals surface area contributed by atoms with Crippen LogP contribution in [0.1, 0.15) is 32.1 Å². The molecule has 1 fully saturated rings. The molecule has 0 radical (unpaired) electrons. The molecule has 0 aromatic carbocycles. The molecule has 0 saturated heterocycles. The van der Waals surface area contributed by atoms with Crippen molar-refractivity contribution in [1.29, 1.82) is 0 Å². The molecule has 1 saturated carbocycles. The zero-order chi connectivity index (χ0) is 13.7. The minimum atomic E-state index is -0.844. The Morgan fingerprint density at radius 1 is 1.32 bits per heavy atom. The lowest BCUT2D eigenvalue weighted by Gasteiger charge is -2.22. The summed E-state index contributed by atoms with van der Waals surface area (Å²) in [6.45, 7) is 0. The molecule has 2 amide bonds. The lowest BCUT2D eigenvalue weighted by Crippen LogP contribution is -2.44. The van der Waals surface area contributed by atoms with E-state index in [-0.39, 0.29) is 6.04 Å². The minimum Gasteiger partial charge on any atom is -0.481 e. The molecule has 8 heteroatoms. The van der Waals surface area contributed by atoms with Crippen LogP contribution in [0, 0.1) is 5.92 Å². The van der Waals surface area contributed by atoms with Gasteiger partial charge in [0.1, 0.15) is 5.51 Å². The van der Waals surface area contributed by atoms with Gasteiger partial charge in [-0.3, -0.25) is 10.1 Å². The summed E-state index contributed by atoms with van der Waals surface area (Å²) in [7, 11) is 0. The van der Waals surface area contributed by atoms with Crippen molar-refractivity contribution in [2.75, 3.05) is 5.32 Å². The SMILES string of the molecule is O=C(Nc1nncs1)NC1CCCCCC1C(=O)O. The number of carbonyl (C=O) groups is 2. The molecule has 1 aromatic rings. The molecule has 2 atom stereocenters. The molecule has 0 bridgehead atoms. The third-order valence-corrected chi connectivity index (χ3v) is 3.84.